The van der Waals surface area contributed by atoms with Crippen LogP contribution in [0.15, 0.2) is 6.33 Å². The number of nitrogens with zero attached hydrogens (tertiary/aromatic N) is 3. The van der Waals surface area contributed by atoms with Crippen LogP contribution in [-0.4, -0.2) is 60.4 Å². The molecule has 4 atom stereocenters. The van der Waals surface area contributed by atoms with Crippen molar-refractivity contribution < 1.29 is 20.1 Å². The molecule has 1 fully saturated rings. The van der Waals surface area contributed by atoms with Crippen LogP contribution < -0.4 is 11.3 Å². The first-order chi connectivity index (χ1) is 9.67. The second-order valence-electron chi connectivity index (χ2n) is 4.46. The van der Waals surface area contributed by atoms with Crippen molar-refractivity contribution in [2.24, 2.45) is 5.84 Å². The average Bonchev–Trinajstić information content (AvgIpc) is 3.01. The maximum atomic E-state index is 10.00. The number of rotatable bonds is 3. The van der Waals surface area contributed by atoms with Crippen molar-refractivity contribution in [1.29, 1.82) is 0 Å². The minimum absolute atomic E-state index is 0.323. The topological polar surface area (TPSA) is 162 Å². The van der Waals surface area contributed by atoms with Gasteiger partial charge in [-0.15, -0.1) is 0 Å². The summed E-state index contributed by atoms with van der Waals surface area (Å²) in [5.41, 5.74) is 3.59. The maximum absolute atomic E-state index is 10.00. The third-order valence-corrected chi connectivity index (χ3v) is 3.33. The zero-order chi connectivity index (χ0) is 14.3. The van der Waals surface area contributed by atoms with Crippen LogP contribution in [0, 0.1) is 0 Å². The standard InChI is InChI=1S/C10H14N6O4/c11-14-10-6-4(12-2-13-10)5(15-16-6)9-8(19)7(18)3(1-17)20-9/h2-3,7-9,17-19H,1,11H2,(H,15,16)(H,12,13,14)/t3-,7+,8-,9+/m0/s1. The van der Waals surface area contributed by atoms with Gasteiger partial charge in [-0.1, -0.05) is 0 Å². The number of hydrogen-bond donors (Lipinski definition) is 6. The molecule has 10 nitrogen and oxygen atoms in total. The van der Waals surface area contributed by atoms with E-state index in [1.807, 2.05) is 0 Å². The molecule has 1 aliphatic heterocycles. The Labute approximate surface area is 112 Å². The van der Waals surface area contributed by atoms with Gasteiger partial charge in [0.25, 0.3) is 0 Å². The second kappa shape index (κ2) is 4.92. The van der Waals surface area contributed by atoms with E-state index < -0.39 is 31.0 Å². The number of hydrogen-bond acceptors (Lipinski definition) is 9. The zero-order valence-corrected chi connectivity index (χ0v) is 10.3. The quantitative estimate of drug-likeness (QED) is 0.270. The molecule has 0 spiro atoms. The highest BCUT2D eigenvalue weighted by Gasteiger charge is 2.44. The van der Waals surface area contributed by atoms with Crippen molar-refractivity contribution in [3.8, 4) is 0 Å². The molecule has 0 radical (unpaired) electrons. The molecule has 3 heterocycles. The summed E-state index contributed by atoms with van der Waals surface area (Å²) >= 11 is 0. The summed E-state index contributed by atoms with van der Waals surface area (Å²) in [6.45, 7) is -0.397. The van der Waals surface area contributed by atoms with E-state index >= 15 is 0 Å². The lowest BCUT2D eigenvalue weighted by Crippen LogP contribution is -2.32. The molecule has 0 unspecified atom stereocenters. The van der Waals surface area contributed by atoms with Gasteiger partial charge in [0.15, 0.2) is 11.3 Å². The molecule has 1 aliphatic rings. The number of ether oxygens (including phenoxy) is 1. The molecule has 0 saturated carbocycles. The molecule has 2 aromatic rings. The minimum Gasteiger partial charge on any atom is -0.394 e. The molecule has 20 heavy (non-hydrogen) atoms. The van der Waals surface area contributed by atoms with Crippen molar-refractivity contribution in [2.45, 2.75) is 24.4 Å². The van der Waals surface area contributed by atoms with Crippen LogP contribution in [-0.2, 0) is 4.74 Å². The van der Waals surface area contributed by atoms with Gasteiger partial charge in [0, 0.05) is 0 Å². The van der Waals surface area contributed by atoms with E-state index in [0.717, 1.165) is 0 Å². The number of H-pyrrole nitrogens is 1. The average molecular weight is 282 g/mol. The van der Waals surface area contributed by atoms with E-state index in [-0.39, 0.29) is 0 Å². The van der Waals surface area contributed by atoms with Gasteiger partial charge in [-0.05, 0) is 0 Å². The van der Waals surface area contributed by atoms with E-state index in [4.69, 9.17) is 15.7 Å². The van der Waals surface area contributed by atoms with Gasteiger partial charge in [-0.25, -0.2) is 15.8 Å². The summed E-state index contributed by atoms with van der Waals surface area (Å²) in [6, 6.07) is 0. The summed E-state index contributed by atoms with van der Waals surface area (Å²) in [7, 11) is 0. The number of aliphatic hydroxyl groups is 3. The first-order valence-corrected chi connectivity index (χ1v) is 5.95. The van der Waals surface area contributed by atoms with Crippen molar-refractivity contribution in [2.75, 3.05) is 12.0 Å². The molecule has 3 rings (SSSR count). The number of fused-ring (bicyclic) bond motifs is 1. The number of anilines is 1. The van der Waals surface area contributed by atoms with Crippen LogP contribution in [0.2, 0.25) is 0 Å². The van der Waals surface area contributed by atoms with Crippen LogP contribution in [0.5, 0.6) is 0 Å². The normalized spacial score (nSPS) is 30.0. The fourth-order valence-corrected chi connectivity index (χ4v) is 2.29. The molecular weight excluding hydrogens is 268 g/mol. The molecule has 0 bridgehead atoms. The minimum atomic E-state index is -1.19. The molecule has 0 amide bonds. The number of aromatic nitrogens is 4. The van der Waals surface area contributed by atoms with E-state index in [0.29, 0.717) is 22.5 Å². The van der Waals surface area contributed by atoms with Crippen LogP contribution >= 0.6 is 0 Å². The fraction of sp³-hybridized carbons (Fsp3) is 0.500. The number of nitrogens with one attached hydrogen (secondary N) is 2. The highest BCUT2D eigenvalue weighted by Crippen LogP contribution is 2.35. The molecule has 1 saturated heterocycles. The Kier molecular flexibility index (Phi) is 3.23. The zero-order valence-electron chi connectivity index (χ0n) is 10.3. The SMILES string of the molecule is NNc1ncnc2c([C@H]3O[C@@H](CO)[C@@H](O)[C@@H]3O)[nH]nc12. The monoisotopic (exact) mass is 282 g/mol. The Morgan fingerprint density at radius 2 is 2.10 bits per heavy atom. The highest BCUT2D eigenvalue weighted by molar-refractivity contribution is 5.86. The van der Waals surface area contributed by atoms with Crippen LogP contribution in [0.3, 0.4) is 0 Å². The third kappa shape index (κ3) is 1.82. The Hall–Kier alpha value is -1.85. The predicted octanol–water partition coefficient (Wildman–Crippen LogP) is -2.21. The Morgan fingerprint density at radius 3 is 2.75 bits per heavy atom. The van der Waals surface area contributed by atoms with E-state index in [1.165, 1.54) is 6.33 Å². The number of aliphatic hydroxyl groups excluding tert-OH is 3. The number of nitrogen functional groups attached to an aromatic ring is 1. The lowest BCUT2D eigenvalue weighted by Gasteiger charge is -2.12. The fourth-order valence-electron chi connectivity index (χ4n) is 2.29. The summed E-state index contributed by atoms with van der Waals surface area (Å²) in [6.07, 6.45) is -2.81. The van der Waals surface area contributed by atoms with E-state index in [2.05, 4.69) is 25.6 Å². The van der Waals surface area contributed by atoms with Gasteiger partial charge in [0.2, 0.25) is 0 Å². The van der Waals surface area contributed by atoms with E-state index in [1.54, 1.807) is 0 Å². The molecule has 108 valence electrons. The van der Waals surface area contributed by atoms with Gasteiger partial charge >= 0.3 is 0 Å². The molecule has 0 aromatic carbocycles. The van der Waals surface area contributed by atoms with Gasteiger partial charge in [-0.2, -0.15) is 5.10 Å². The van der Waals surface area contributed by atoms with Crippen molar-refractivity contribution >= 4 is 16.9 Å². The summed E-state index contributed by atoms with van der Waals surface area (Å²) in [5.74, 6) is 5.65. The Bertz CT molecular complexity index is 619. The Balaban J connectivity index is 2.03. The smallest absolute Gasteiger partial charge is 0.171 e. The van der Waals surface area contributed by atoms with Crippen molar-refractivity contribution in [3.63, 3.8) is 0 Å². The largest absolute Gasteiger partial charge is 0.394 e. The third-order valence-electron chi connectivity index (χ3n) is 3.33. The summed E-state index contributed by atoms with van der Waals surface area (Å²) in [5, 5.41) is 35.6. The lowest BCUT2D eigenvalue weighted by atomic mass is 10.1. The molecular formula is C10H14N6O4. The van der Waals surface area contributed by atoms with Gasteiger partial charge < -0.3 is 25.5 Å². The van der Waals surface area contributed by atoms with Crippen LogP contribution in [0.25, 0.3) is 11.0 Å². The van der Waals surface area contributed by atoms with Gasteiger partial charge in [-0.3, -0.25) is 5.10 Å². The van der Waals surface area contributed by atoms with Crippen molar-refractivity contribution in [1.82, 2.24) is 20.2 Å². The molecule has 0 aliphatic carbocycles. The van der Waals surface area contributed by atoms with Crippen LogP contribution in [0.1, 0.15) is 11.8 Å². The highest BCUT2D eigenvalue weighted by atomic mass is 16.6. The predicted molar refractivity (Wildman–Crippen MR) is 66.2 cm³/mol. The number of aromatic amines is 1. The van der Waals surface area contributed by atoms with E-state index in [9.17, 15) is 10.2 Å². The lowest BCUT2D eigenvalue weighted by molar-refractivity contribution is -0.0236. The maximum Gasteiger partial charge on any atom is 0.171 e. The molecule has 7 N–H and O–H groups in total. The second-order valence-corrected chi connectivity index (χ2v) is 4.46. The van der Waals surface area contributed by atoms with Gasteiger partial charge in [0.05, 0.1) is 12.3 Å². The number of hydrazine groups is 1. The first kappa shape index (κ1) is 13.1. The first-order valence-electron chi connectivity index (χ1n) is 5.95. The van der Waals surface area contributed by atoms with Crippen molar-refractivity contribution in [3.05, 3.63) is 12.0 Å². The number of nitrogens with two attached hydrogens (primary N) is 1. The molecule has 10 heteroatoms. The Morgan fingerprint density at radius 1 is 1.30 bits per heavy atom. The summed E-state index contributed by atoms with van der Waals surface area (Å²) < 4.78 is 5.43. The van der Waals surface area contributed by atoms with Crippen LogP contribution in [0.4, 0.5) is 5.82 Å². The molecule has 2 aromatic heterocycles. The van der Waals surface area contributed by atoms with Gasteiger partial charge in [0.1, 0.15) is 36.3 Å². The summed E-state index contributed by atoms with van der Waals surface area (Å²) in [4.78, 5) is 7.98.